The third-order valence-electron chi connectivity index (χ3n) is 3.32. The topological polar surface area (TPSA) is 75.3 Å². The second kappa shape index (κ2) is 8.29. The Morgan fingerprint density at radius 1 is 1.18 bits per heavy atom. The van der Waals surface area contributed by atoms with E-state index in [2.05, 4.69) is 23.9 Å². The van der Waals surface area contributed by atoms with Crippen molar-refractivity contribution in [2.45, 2.75) is 45.4 Å². The van der Waals surface area contributed by atoms with Gasteiger partial charge in [-0.2, -0.15) is 0 Å². The zero-order valence-corrected chi connectivity index (χ0v) is 14.6. The van der Waals surface area contributed by atoms with E-state index in [-0.39, 0.29) is 23.8 Å². The van der Waals surface area contributed by atoms with Crippen LogP contribution in [0.1, 0.15) is 37.8 Å². The van der Waals surface area contributed by atoms with Gasteiger partial charge in [-0.05, 0) is 43.4 Å². The van der Waals surface area contributed by atoms with Crippen LogP contribution in [-0.4, -0.2) is 27.4 Å². The van der Waals surface area contributed by atoms with Crippen LogP contribution in [0.15, 0.2) is 23.1 Å². The van der Waals surface area contributed by atoms with E-state index in [0.29, 0.717) is 18.0 Å². The molecule has 0 spiro atoms. The van der Waals surface area contributed by atoms with Gasteiger partial charge >= 0.3 is 0 Å². The van der Waals surface area contributed by atoms with Crippen molar-refractivity contribution >= 4 is 15.9 Å². The average Bonchev–Trinajstić information content (AvgIpc) is 2.40. The van der Waals surface area contributed by atoms with E-state index < -0.39 is 10.0 Å². The standard InChI is InChI=1S/C16H26N2O3S/c1-12(2)7-9-17-16(19)8-10-18-22(20,21)15-11-13(3)5-6-14(15)4/h5-6,11-12,18H,7-10H2,1-4H3,(H,17,19). The van der Waals surface area contributed by atoms with Gasteiger partial charge in [-0.25, -0.2) is 13.1 Å². The van der Waals surface area contributed by atoms with E-state index in [9.17, 15) is 13.2 Å². The lowest BCUT2D eigenvalue weighted by atomic mass is 10.1. The van der Waals surface area contributed by atoms with Crippen molar-refractivity contribution in [3.63, 3.8) is 0 Å². The first kappa shape index (κ1) is 18.6. The van der Waals surface area contributed by atoms with Crippen LogP contribution in [-0.2, 0) is 14.8 Å². The van der Waals surface area contributed by atoms with E-state index in [1.807, 2.05) is 13.0 Å². The van der Waals surface area contributed by atoms with Crippen molar-refractivity contribution in [1.82, 2.24) is 10.0 Å². The Bertz CT molecular complexity index is 610. The fourth-order valence-electron chi connectivity index (χ4n) is 1.96. The Morgan fingerprint density at radius 2 is 1.86 bits per heavy atom. The molecular weight excluding hydrogens is 300 g/mol. The van der Waals surface area contributed by atoms with Gasteiger partial charge in [0.05, 0.1) is 4.90 Å². The zero-order chi connectivity index (χ0) is 16.8. The van der Waals surface area contributed by atoms with Crippen molar-refractivity contribution in [2.24, 2.45) is 5.92 Å². The van der Waals surface area contributed by atoms with Gasteiger partial charge in [0, 0.05) is 19.5 Å². The molecule has 0 fully saturated rings. The van der Waals surface area contributed by atoms with Crippen LogP contribution >= 0.6 is 0 Å². The molecule has 2 N–H and O–H groups in total. The summed E-state index contributed by atoms with van der Waals surface area (Å²) in [5.74, 6) is 0.396. The molecule has 0 aromatic heterocycles. The smallest absolute Gasteiger partial charge is 0.240 e. The summed E-state index contributed by atoms with van der Waals surface area (Å²) in [6.07, 6.45) is 1.06. The van der Waals surface area contributed by atoms with Gasteiger partial charge < -0.3 is 5.32 Å². The highest BCUT2D eigenvalue weighted by atomic mass is 32.2. The molecule has 1 aromatic carbocycles. The van der Waals surface area contributed by atoms with Gasteiger partial charge in [0.1, 0.15) is 0 Å². The van der Waals surface area contributed by atoms with Crippen molar-refractivity contribution < 1.29 is 13.2 Å². The number of nitrogens with one attached hydrogen (secondary N) is 2. The minimum Gasteiger partial charge on any atom is -0.356 e. The Balaban J connectivity index is 2.49. The summed E-state index contributed by atoms with van der Waals surface area (Å²) in [5, 5.41) is 2.79. The van der Waals surface area contributed by atoms with Crippen molar-refractivity contribution in [2.75, 3.05) is 13.1 Å². The fraction of sp³-hybridized carbons (Fsp3) is 0.562. The molecule has 6 heteroatoms. The number of sulfonamides is 1. The van der Waals surface area contributed by atoms with Gasteiger partial charge in [-0.3, -0.25) is 4.79 Å². The molecule has 0 saturated heterocycles. The molecule has 0 bridgehead atoms. The molecule has 0 aliphatic heterocycles. The van der Waals surface area contributed by atoms with Crippen LogP contribution in [0.5, 0.6) is 0 Å². The molecule has 0 atom stereocenters. The summed E-state index contributed by atoms with van der Waals surface area (Å²) in [7, 11) is -3.57. The second-order valence-electron chi connectivity index (χ2n) is 5.95. The number of hydrogen-bond donors (Lipinski definition) is 2. The number of aryl methyl sites for hydroxylation is 2. The lowest BCUT2D eigenvalue weighted by Gasteiger charge is -2.10. The molecule has 1 amide bonds. The highest BCUT2D eigenvalue weighted by Gasteiger charge is 2.16. The lowest BCUT2D eigenvalue weighted by molar-refractivity contribution is -0.120. The SMILES string of the molecule is Cc1ccc(C)c(S(=O)(=O)NCCC(=O)NCCC(C)C)c1. The Hall–Kier alpha value is -1.40. The minimum absolute atomic E-state index is 0.100. The van der Waals surface area contributed by atoms with Gasteiger partial charge in [0.25, 0.3) is 0 Å². The molecule has 0 radical (unpaired) electrons. The molecule has 0 unspecified atom stereocenters. The third kappa shape index (κ3) is 6.15. The number of carbonyl (C=O) groups is 1. The maximum Gasteiger partial charge on any atom is 0.240 e. The van der Waals surface area contributed by atoms with E-state index in [0.717, 1.165) is 12.0 Å². The highest BCUT2D eigenvalue weighted by molar-refractivity contribution is 7.89. The van der Waals surface area contributed by atoms with Gasteiger partial charge in [0.2, 0.25) is 15.9 Å². The number of benzene rings is 1. The van der Waals surface area contributed by atoms with Crippen molar-refractivity contribution in [3.05, 3.63) is 29.3 Å². The molecule has 124 valence electrons. The first-order valence-corrected chi connectivity index (χ1v) is 9.04. The highest BCUT2D eigenvalue weighted by Crippen LogP contribution is 2.16. The molecule has 0 aliphatic rings. The Kier molecular flexibility index (Phi) is 7.03. The van der Waals surface area contributed by atoms with Crippen LogP contribution in [0, 0.1) is 19.8 Å². The van der Waals surface area contributed by atoms with Gasteiger partial charge in [0.15, 0.2) is 0 Å². The largest absolute Gasteiger partial charge is 0.356 e. The number of amides is 1. The number of carbonyl (C=O) groups excluding carboxylic acids is 1. The van der Waals surface area contributed by atoms with Gasteiger partial charge in [-0.1, -0.05) is 26.0 Å². The fourth-order valence-corrected chi connectivity index (χ4v) is 3.32. The van der Waals surface area contributed by atoms with Crippen LogP contribution in [0.25, 0.3) is 0 Å². The average molecular weight is 326 g/mol. The molecule has 1 rings (SSSR count). The van der Waals surface area contributed by atoms with Gasteiger partial charge in [-0.15, -0.1) is 0 Å². The molecule has 5 nitrogen and oxygen atoms in total. The monoisotopic (exact) mass is 326 g/mol. The van der Waals surface area contributed by atoms with Crippen molar-refractivity contribution in [1.29, 1.82) is 0 Å². The van der Waals surface area contributed by atoms with Crippen LogP contribution in [0.3, 0.4) is 0 Å². The number of rotatable bonds is 8. The summed E-state index contributed by atoms with van der Waals surface area (Å²) < 4.78 is 27.0. The molecular formula is C16H26N2O3S. The van der Waals surface area contributed by atoms with Crippen LogP contribution in [0.4, 0.5) is 0 Å². The predicted octanol–water partition coefficient (Wildman–Crippen LogP) is 2.13. The normalized spacial score (nSPS) is 11.7. The summed E-state index contributed by atoms with van der Waals surface area (Å²) in [6.45, 7) is 8.51. The van der Waals surface area contributed by atoms with E-state index in [4.69, 9.17) is 0 Å². The second-order valence-corrected chi connectivity index (χ2v) is 7.68. The summed E-state index contributed by atoms with van der Waals surface area (Å²) in [4.78, 5) is 11.9. The maximum atomic E-state index is 12.2. The first-order chi connectivity index (χ1) is 10.2. The van der Waals surface area contributed by atoms with Crippen LogP contribution < -0.4 is 10.0 Å². The predicted molar refractivity (Wildman–Crippen MR) is 88.2 cm³/mol. The molecule has 0 heterocycles. The first-order valence-electron chi connectivity index (χ1n) is 7.56. The zero-order valence-electron chi connectivity index (χ0n) is 13.8. The Labute approximate surface area is 133 Å². The van der Waals surface area contributed by atoms with E-state index in [1.165, 1.54) is 0 Å². The molecule has 1 aromatic rings. The quantitative estimate of drug-likeness (QED) is 0.768. The molecule has 0 aliphatic carbocycles. The Morgan fingerprint density at radius 3 is 2.50 bits per heavy atom. The summed E-state index contributed by atoms with van der Waals surface area (Å²) in [6, 6.07) is 5.29. The summed E-state index contributed by atoms with van der Waals surface area (Å²) >= 11 is 0. The van der Waals surface area contributed by atoms with E-state index >= 15 is 0 Å². The van der Waals surface area contributed by atoms with Crippen LogP contribution in [0.2, 0.25) is 0 Å². The minimum atomic E-state index is -3.57. The lowest BCUT2D eigenvalue weighted by Crippen LogP contribution is -2.31. The van der Waals surface area contributed by atoms with E-state index in [1.54, 1.807) is 19.1 Å². The van der Waals surface area contributed by atoms with Crippen molar-refractivity contribution in [3.8, 4) is 0 Å². The molecule has 22 heavy (non-hydrogen) atoms. The maximum absolute atomic E-state index is 12.2. The summed E-state index contributed by atoms with van der Waals surface area (Å²) in [5.41, 5.74) is 1.58. The number of hydrogen-bond acceptors (Lipinski definition) is 3. The molecule has 0 saturated carbocycles. The third-order valence-corrected chi connectivity index (χ3v) is 4.92.